The number of hydrogen-bond acceptors (Lipinski definition) is 4. The second-order valence-electron chi connectivity index (χ2n) is 18.3. The molecule has 65 heavy (non-hydrogen) atoms. The number of aromatic nitrogens is 2. The molecular weight excluding hydrogens is 980 g/mol. The van der Waals surface area contributed by atoms with E-state index in [-0.39, 0.29) is 62.1 Å². The Morgan fingerprint density at radius 2 is 1.17 bits per heavy atom. The first-order chi connectivity index (χ1) is 32.2. The van der Waals surface area contributed by atoms with Gasteiger partial charge in [0.2, 0.25) is 0 Å². The van der Waals surface area contributed by atoms with Gasteiger partial charge >= 0.3 is 0 Å². The number of aryl methyl sites for hydroxylation is 4. The van der Waals surface area contributed by atoms with Crippen molar-refractivity contribution in [1.29, 1.82) is 0 Å². The molecule has 0 bridgehead atoms. The van der Waals surface area contributed by atoms with Crippen molar-refractivity contribution in [2.24, 2.45) is 11.8 Å². The van der Waals surface area contributed by atoms with Crippen LogP contribution in [0.25, 0.3) is 44.1 Å². The SMILES string of the molecule is CCC(CC)C(=O)/C=C(\O)C(CC)CCF.[2H]c1cc2cc(C3CCCCC3)ccc2c(-c2[c-]c(C)cc(C)c2)n1.[2H]c1nc(-c2[c-]c(C)cc(C)c2)c2ccc(C3CCCCC3)cc2c1[2H].[Ir]. The van der Waals surface area contributed by atoms with Crippen LogP contribution in [0.4, 0.5) is 4.39 Å². The summed E-state index contributed by atoms with van der Waals surface area (Å²) in [5, 5.41) is 13.8. The van der Waals surface area contributed by atoms with Crippen LogP contribution in [0.1, 0.15) is 160 Å². The van der Waals surface area contributed by atoms with Crippen LogP contribution in [0.15, 0.2) is 97.0 Å². The van der Waals surface area contributed by atoms with Crippen LogP contribution in [-0.2, 0) is 24.9 Å². The number of allylic oxidation sites excluding steroid dienone is 2. The molecule has 0 spiro atoms. The summed E-state index contributed by atoms with van der Waals surface area (Å²) in [6, 6.07) is 30.5. The molecule has 1 radical (unpaired) electrons. The van der Waals surface area contributed by atoms with Crippen LogP contribution in [0, 0.1) is 51.7 Å². The monoisotopic (exact) mass is 1050 g/mol. The molecule has 0 amide bonds. The van der Waals surface area contributed by atoms with E-state index < -0.39 is 6.67 Å². The molecule has 347 valence electrons. The minimum absolute atomic E-state index is 0. The van der Waals surface area contributed by atoms with E-state index in [0.717, 1.165) is 73.6 Å². The van der Waals surface area contributed by atoms with Gasteiger partial charge in [0.05, 0.1) is 16.5 Å². The molecule has 2 fully saturated rings. The van der Waals surface area contributed by atoms with Gasteiger partial charge in [-0.1, -0.05) is 123 Å². The fraction of sp³-hybridized carbons (Fsp3) is 0.441. The zero-order chi connectivity index (χ0) is 48.2. The summed E-state index contributed by atoms with van der Waals surface area (Å²) >= 11 is 0. The van der Waals surface area contributed by atoms with E-state index in [4.69, 9.17) is 4.11 Å². The number of rotatable bonds is 12. The molecule has 4 nitrogen and oxygen atoms in total. The van der Waals surface area contributed by atoms with Crippen molar-refractivity contribution in [2.75, 3.05) is 6.67 Å². The zero-order valence-electron chi connectivity index (χ0n) is 42.8. The van der Waals surface area contributed by atoms with Crippen LogP contribution in [0.3, 0.4) is 0 Å². The Bertz CT molecular complexity index is 2630. The summed E-state index contributed by atoms with van der Waals surface area (Å²) in [4.78, 5) is 20.7. The number of ketones is 1. The first kappa shape index (κ1) is 47.0. The van der Waals surface area contributed by atoms with E-state index in [1.54, 1.807) is 0 Å². The predicted molar refractivity (Wildman–Crippen MR) is 267 cm³/mol. The van der Waals surface area contributed by atoms with Crippen molar-refractivity contribution >= 4 is 27.3 Å². The third-order valence-corrected chi connectivity index (χ3v) is 13.4. The minimum Gasteiger partial charge on any atom is -0.512 e. The summed E-state index contributed by atoms with van der Waals surface area (Å²) in [6.45, 7) is 13.6. The molecule has 2 aromatic heterocycles. The standard InChI is InChI=1S/2C23H24N.C13H23FO2.Ir/c2*1-16-12-17(2)14-21(13-16)23-22-9-8-19(15-20(22)10-11-24-23)18-6-4-3-5-7-18;1-4-10(5-2)12(15)9-13(16)11(6-3)7-8-14;/h2*8-13,15,18H,3-7H2,1-2H3;9-11,16H,4-8H2,1-3H3;/q2*-1;;/b;;13-9-;/i10D,11D;11D;;. The first-order valence-corrected chi connectivity index (χ1v) is 24.1. The molecule has 0 saturated heterocycles. The minimum atomic E-state index is -0.463. The number of carbonyl (C=O) groups is 1. The Kier molecular flexibility index (Phi) is 18.4. The predicted octanol–water partition coefficient (Wildman–Crippen LogP) is 16.5. The maximum Gasteiger partial charge on any atom is 0.162 e. The van der Waals surface area contributed by atoms with Gasteiger partial charge < -0.3 is 15.1 Å². The van der Waals surface area contributed by atoms with Gasteiger partial charge in [0, 0.05) is 50.4 Å². The summed E-state index contributed by atoms with van der Waals surface area (Å²) < 4.78 is 36.9. The average molecular weight is 1050 g/mol. The van der Waals surface area contributed by atoms with Gasteiger partial charge in [-0.3, -0.25) is 9.18 Å². The zero-order valence-corrected chi connectivity index (χ0v) is 42.2. The molecule has 0 aliphatic heterocycles. The van der Waals surface area contributed by atoms with Crippen molar-refractivity contribution in [3.63, 3.8) is 0 Å². The topological polar surface area (TPSA) is 63.1 Å². The number of nitrogens with zero attached hydrogens (tertiary/aromatic N) is 2. The number of alkyl halides is 1. The number of fused-ring (bicyclic) bond motifs is 2. The van der Waals surface area contributed by atoms with Gasteiger partial charge in [0.25, 0.3) is 0 Å². The largest absolute Gasteiger partial charge is 0.512 e. The summed E-state index contributed by atoms with van der Waals surface area (Å²) in [5.41, 5.74) is 10.8. The van der Waals surface area contributed by atoms with Gasteiger partial charge in [0.1, 0.15) is 0 Å². The Morgan fingerprint density at radius 3 is 1.65 bits per heavy atom. The van der Waals surface area contributed by atoms with Crippen molar-refractivity contribution in [1.82, 2.24) is 9.97 Å². The van der Waals surface area contributed by atoms with Crippen molar-refractivity contribution in [3.8, 4) is 22.5 Å². The molecule has 6 heteroatoms. The Labute approximate surface area is 407 Å². The molecule has 2 aliphatic rings. The van der Waals surface area contributed by atoms with Crippen molar-refractivity contribution in [2.45, 2.75) is 150 Å². The van der Waals surface area contributed by atoms with Crippen LogP contribution in [-0.4, -0.2) is 27.5 Å². The quantitative estimate of drug-likeness (QED) is 0.0754. The molecule has 4 aromatic carbocycles. The van der Waals surface area contributed by atoms with Crippen LogP contribution in [0.5, 0.6) is 0 Å². The maximum atomic E-state index is 12.2. The molecule has 1 unspecified atom stereocenters. The third-order valence-electron chi connectivity index (χ3n) is 13.4. The van der Waals surface area contributed by atoms with E-state index >= 15 is 0 Å². The first-order valence-electron chi connectivity index (χ1n) is 25.6. The summed E-state index contributed by atoms with van der Waals surface area (Å²) in [5.74, 6) is 1.02. The fourth-order valence-electron chi connectivity index (χ4n) is 9.82. The second-order valence-corrected chi connectivity index (χ2v) is 18.3. The van der Waals surface area contributed by atoms with E-state index in [1.807, 2.05) is 33.8 Å². The number of hydrogen-bond donors (Lipinski definition) is 1. The molecule has 1 N–H and O–H groups in total. The smallest absolute Gasteiger partial charge is 0.162 e. The van der Waals surface area contributed by atoms with E-state index in [2.05, 4.69) is 104 Å². The molecule has 8 rings (SSSR count). The molecule has 6 aromatic rings. The number of benzene rings is 4. The average Bonchev–Trinajstić information content (AvgIpc) is 3.32. The van der Waals surface area contributed by atoms with E-state index in [0.29, 0.717) is 24.4 Å². The van der Waals surface area contributed by atoms with Crippen molar-refractivity contribution in [3.05, 3.63) is 142 Å². The van der Waals surface area contributed by atoms with E-state index in [9.17, 15) is 14.3 Å². The van der Waals surface area contributed by atoms with Crippen LogP contribution < -0.4 is 0 Å². The Balaban J connectivity index is 0.000000196. The molecule has 2 saturated carbocycles. The Morgan fingerprint density at radius 1 is 0.692 bits per heavy atom. The van der Waals surface area contributed by atoms with Gasteiger partial charge in [-0.2, -0.15) is 0 Å². The number of halogens is 1. The fourth-order valence-corrected chi connectivity index (χ4v) is 9.82. The molecule has 2 aliphatic carbocycles. The normalized spacial score (nSPS) is 15.8. The molecular formula is C59H71FIrN2O2-2. The van der Waals surface area contributed by atoms with Gasteiger partial charge in [-0.05, 0) is 119 Å². The summed E-state index contributed by atoms with van der Waals surface area (Å²) in [7, 11) is 0. The van der Waals surface area contributed by atoms with Gasteiger partial charge in [-0.15, -0.1) is 69.8 Å². The van der Waals surface area contributed by atoms with Crippen LogP contribution in [0.2, 0.25) is 0 Å². The number of aliphatic hydroxyl groups excluding tert-OH is 1. The number of pyridine rings is 2. The molecule has 1 atom stereocenters. The van der Waals surface area contributed by atoms with Crippen LogP contribution >= 0.6 is 0 Å². The third kappa shape index (κ3) is 14.0. The van der Waals surface area contributed by atoms with Crippen molar-refractivity contribution < 1.29 is 38.5 Å². The second kappa shape index (κ2) is 25.4. The maximum absolute atomic E-state index is 12.2. The molecule has 2 heterocycles. The number of carbonyl (C=O) groups excluding carboxylic acids is 1. The van der Waals surface area contributed by atoms with E-state index in [1.165, 1.54) is 87.0 Å². The van der Waals surface area contributed by atoms with Gasteiger partial charge in [0.15, 0.2) is 5.78 Å². The van der Waals surface area contributed by atoms with Gasteiger partial charge in [-0.25, -0.2) is 0 Å². The number of aliphatic hydroxyl groups is 1. The summed E-state index contributed by atoms with van der Waals surface area (Å²) in [6.07, 6.45) is 17.2. The Hall–Kier alpha value is -4.51.